The van der Waals surface area contributed by atoms with Gasteiger partial charge in [0.1, 0.15) is 17.8 Å². The molecule has 23 heavy (non-hydrogen) atoms. The lowest BCUT2D eigenvalue weighted by atomic mass is 10.1. The first-order chi connectivity index (χ1) is 11.1. The van der Waals surface area contributed by atoms with E-state index in [0.717, 1.165) is 22.5 Å². The third kappa shape index (κ3) is 2.66. The van der Waals surface area contributed by atoms with Gasteiger partial charge in [-0.05, 0) is 11.6 Å². The van der Waals surface area contributed by atoms with Gasteiger partial charge in [0.2, 0.25) is 0 Å². The molecule has 0 aliphatic rings. The lowest BCUT2D eigenvalue weighted by Gasteiger charge is -2.07. The van der Waals surface area contributed by atoms with E-state index >= 15 is 0 Å². The third-order valence-corrected chi connectivity index (χ3v) is 3.74. The van der Waals surface area contributed by atoms with Crippen molar-refractivity contribution in [3.8, 4) is 22.5 Å². The van der Waals surface area contributed by atoms with E-state index in [2.05, 4.69) is 15.3 Å². The Morgan fingerprint density at radius 3 is 2.57 bits per heavy atom. The minimum atomic E-state index is -0.472. The zero-order valence-electron chi connectivity index (χ0n) is 12.9. The van der Waals surface area contributed by atoms with Crippen molar-refractivity contribution >= 4 is 11.7 Å². The van der Waals surface area contributed by atoms with Gasteiger partial charge >= 0.3 is 0 Å². The first-order valence-electron chi connectivity index (χ1n) is 7.17. The van der Waals surface area contributed by atoms with Gasteiger partial charge in [-0.1, -0.05) is 30.3 Å². The molecule has 1 aromatic carbocycles. The predicted octanol–water partition coefficient (Wildman–Crippen LogP) is 2.29. The molecular formula is C17H17N5O. The zero-order chi connectivity index (χ0) is 16.4. The van der Waals surface area contributed by atoms with Gasteiger partial charge in [-0.3, -0.25) is 4.79 Å². The highest BCUT2D eigenvalue weighted by Crippen LogP contribution is 2.31. The van der Waals surface area contributed by atoms with Crippen LogP contribution in [-0.2, 0) is 7.05 Å². The molecule has 6 nitrogen and oxygen atoms in total. The fraction of sp³-hybridized carbons (Fsp3) is 0.118. The maximum Gasteiger partial charge on any atom is 0.265 e. The summed E-state index contributed by atoms with van der Waals surface area (Å²) in [4.78, 5) is 20.4. The summed E-state index contributed by atoms with van der Waals surface area (Å²) in [5, 5.41) is 2.98. The highest BCUT2D eigenvalue weighted by Gasteiger charge is 2.20. The van der Waals surface area contributed by atoms with E-state index < -0.39 is 5.91 Å². The Labute approximate surface area is 134 Å². The van der Waals surface area contributed by atoms with Gasteiger partial charge in [-0.15, -0.1) is 0 Å². The minimum absolute atomic E-state index is 0.454. The molecule has 2 aromatic heterocycles. The van der Waals surface area contributed by atoms with Crippen LogP contribution in [0.2, 0.25) is 0 Å². The number of benzene rings is 1. The van der Waals surface area contributed by atoms with Gasteiger partial charge < -0.3 is 15.6 Å². The number of amides is 1. The van der Waals surface area contributed by atoms with Crippen molar-refractivity contribution in [3.05, 3.63) is 54.5 Å². The number of hydrogen-bond acceptors (Lipinski definition) is 4. The molecule has 116 valence electrons. The molecule has 0 bridgehead atoms. The van der Waals surface area contributed by atoms with Crippen molar-refractivity contribution in [1.29, 1.82) is 0 Å². The Bertz CT molecular complexity index is 855. The lowest BCUT2D eigenvalue weighted by molar-refractivity contribution is 0.0993. The van der Waals surface area contributed by atoms with E-state index in [9.17, 15) is 4.79 Å². The number of aromatic nitrogens is 3. The van der Waals surface area contributed by atoms with Crippen LogP contribution in [0.3, 0.4) is 0 Å². The van der Waals surface area contributed by atoms with Crippen LogP contribution in [0, 0.1) is 0 Å². The minimum Gasteiger partial charge on any atom is -0.373 e. The van der Waals surface area contributed by atoms with E-state index in [1.54, 1.807) is 11.6 Å². The monoisotopic (exact) mass is 307 g/mol. The van der Waals surface area contributed by atoms with E-state index in [-0.39, 0.29) is 0 Å². The second kappa shape index (κ2) is 5.92. The molecule has 0 aliphatic carbocycles. The Morgan fingerprint density at radius 2 is 1.91 bits per heavy atom. The number of nitrogens with one attached hydrogen (secondary N) is 1. The fourth-order valence-corrected chi connectivity index (χ4v) is 2.62. The summed E-state index contributed by atoms with van der Waals surface area (Å²) < 4.78 is 1.77. The normalized spacial score (nSPS) is 10.5. The van der Waals surface area contributed by atoms with Gasteiger partial charge in [0.05, 0.1) is 11.4 Å². The van der Waals surface area contributed by atoms with Crippen LogP contribution in [0.4, 0.5) is 5.82 Å². The van der Waals surface area contributed by atoms with Crippen molar-refractivity contribution < 1.29 is 4.79 Å². The molecule has 3 aromatic rings. The Hall–Kier alpha value is -3.15. The topological polar surface area (TPSA) is 85.8 Å². The molecule has 1 amide bonds. The summed E-state index contributed by atoms with van der Waals surface area (Å²) in [5.41, 5.74) is 9.30. The molecule has 0 atom stereocenters. The van der Waals surface area contributed by atoms with Crippen molar-refractivity contribution in [3.63, 3.8) is 0 Å². The molecule has 6 heteroatoms. The van der Waals surface area contributed by atoms with Crippen molar-refractivity contribution in [2.45, 2.75) is 0 Å². The molecule has 2 heterocycles. The van der Waals surface area contributed by atoms with Crippen molar-refractivity contribution in [2.75, 3.05) is 12.4 Å². The third-order valence-electron chi connectivity index (χ3n) is 3.74. The summed E-state index contributed by atoms with van der Waals surface area (Å²) in [6.07, 6.45) is 1.49. The number of carbonyl (C=O) groups is 1. The van der Waals surface area contributed by atoms with Gasteiger partial charge in [0.25, 0.3) is 5.91 Å². The van der Waals surface area contributed by atoms with Gasteiger partial charge in [-0.25, -0.2) is 9.97 Å². The van der Waals surface area contributed by atoms with E-state index in [0.29, 0.717) is 11.5 Å². The Balaban J connectivity index is 2.21. The average molecular weight is 307 g/mol. The first-order valence-corrected chi connectivity index (χ1v) is 7.17. The molecule has 0 unspecified atom stereocenters. The molecule has 0 spiro atoms. The van der Waals surface area contributed by atoms with Gasteiger partial charge in [0, 0.05) is 25.7 Å². The maximum atomic E-state index is 11.9. The quantitative estimate of drug-likeness (QED) is 0.774. The standard InChI is InChI=1S/C17H17N5O/c1-19-15-9-13(20-10-21-15)14-8-12(11-6-4-3-5-7-11)16(17(18)23)22(14)2/h3-10H,1-2H3,(H2,18,23)(H,19,20,21). The second-order valence-electron chi connectivity index (χ2n) is 5.12. The molecule has 0 fully saturated rings. The Morgan fingerprint density at radius 1 is 1.17 bits per heavy atom. The van der Waals surface area contributed by atoms with Crippen LogP contribution in [0.15, 0.2) is 48.8 Å². The molecule has 0 saturated carbocycles. The highest BCUT2D eigenvalue weighted by molar-refractivity contribution is 6.00. The number of primary amides is 1. The zero-order valence-corrected chi connectivity index (χ0v) is 12.9. The highest BCUT2D eigenvalue weighted by atomic mass is 16.1. The number of anilines is 1. The van der Waals surface area contributed by atoms with Crippen LogP contribution >= 0.6 is 0 Å². The molecule has 0 saturated heterocycles. The van der Waals surface area contributed by atoms with Crippen LogP contribution in [0.5, 0.6) is 0 Å². The summed E-state index contributed by atoms with van der Waals surface area (Å²) >= 11 is 0. The lowest BCUT2D eigenvalue weighted by Crippen LogP contribution is -2.16. The number of nitrogens with two attached hydrogens (primary N) is 1. The summed E-state index contributed by atoms with van der Waals surface area (Å²) in [5.74, 6) is 0.235. The first kappa shape index (κ1) is 14.8. The molecular weight excluding hydrogens is 290 g/mol. The van der Waals surface area contributed by atoms with E-state index in [1.165, 1.54) is 6.33 Å². The average Bonchev–Trinajstić information content (AvgIpc) is 2.93. The van der Waals surface area contributed by atoms with Crippen molar-refractivity contribution in [1.82, 2.24) is 14.5 Å². The number of carbonyl (C=O) groups excluding carboxylic acids is 1. The van der Waals surface area contributed by atoms with Crippen LogP contribution in [-0.4, -0.2) is 27.5 Å². The smallest absolute Gasteiger partial charge is 0.265 e. The molecule has 3 rings (SSSR count). The molecule has 3 N–H and O–H groups in total. The van der Waals surface area contributed by atoms with Crippen LogP contribution < -0.4 is 11.1 Å². The molecule has 0 aliphatic heterocycles. The summed E-state index contributed by atoms with van der Waals surface area (Å²) in [6, 6.07) is 13.4. The molecule has 0 radical (unpaired) electrons. The number of hydrogen-bond donors (Lipinski definition) is 2. The van der Waals surface area contributed by atoms with Crippen molar-refractivity contribution in [2.24, 2.45) is 12.8 Å². The Kier molecular flexibility index (Phi) is 3.80. The fourth-order valence-electron chi connectivity index (χ4n) is 2.62. The predicted molar refractivity (Wildman–Crippen MR) is 89.9 cm³/mol. The number of nitrogens with zero attached hydrogens (tertiary/aromatic N) is 3. The van der Waals surface area contributed by atoms with E-state index in [1.807, 2.05) is 49.5 Å². The summed E-state index contributed by atoms with van der Waals surface area (Å²) in [6.45, 7) is 0. The number of rotatable bonds is 4. The largest absolute Gasteiger partial charge is 0.373 e. The van der Waals surface area contributed by atoms with Crippen LogP contribution in [0.1, 0.15) is 10.5 Å². The SMILES string of the molecule is CNc1cc(-c2cc(-c3ccccc3)c(C(N)=O)n2C)ncn1. The van der Waals surface area contributed by atoms with Gasteiger partial charge in [-0.2, -0.15) is 0 Å². The second-order valence-corrected chi connectivity index (χ2v) is 5.12. The van der Waals surface area contributed by atoms with E-state index in [4.69, 9.17) is 5.73 Å². The maximum absolute atomic E-state index is 11.9. The van der Waals surface area contributed by atoms with Gasteiger partial charge in [0.15, 0.2) is 0 Å². The van der Waals surface area contributed by atoms with Crippen LogP contribution in [0.25, 0.3) is 22.5 Å². The summed E-state index contributed by atoms with van der Waals surface area (Å²) in [7, 11) is 3.60.